The zero-order valence-electron chi connectivity index (χ0n) is 21.9. The highest BCUT2D eigenvalue weighted by molar-refractivity contribution is 5.95. The number of methoxy groups -OCH3 is 3. The van der Waals surface area contributed by atoms with Crippen molar-refractivity contribution >= 4 is 18.2 Å². The average Bonchev–Trinajstić information content (AvgIpc) is 2.91. The zero-order valence-corrected chi connectivity index (χ0v) is 21.9. The van der Waals surface area contributed by atoms with E-state index in [0.717, 1.165) is 0 Å². The normalized spacial score (nSPS) is 15.8. The van der Waals surface area contributed by atoms with Gasteiger partial charge in [-0.1, -0.05) is 12.1 Å². The molecule has 3 rings (SSSR count). The number of hydrogen-bond acceptors (Lipinski definition) is 10. The first-order chi connectivity index (χ1) is 18.3. The van der Waals surface area contributed by atoms with Gasteiger partial charge < -0.3 is 39.4 Å². The number of urea groups is 1. The lowest BCUT2D eigenvalue weighted by molar-refractivity contribution is -0.136. The number of nitrogens with one attached hydrogen (secondary N) is 3. The van der Waals surface area contributed by atoms with Crippen molar-refractivity contribution in [2.24, 2.45) is 5.10 Å². The summed E-state index contributed by atoms with van der Waals surface area (Å²) in [5.41, 5.74) is 4.50. The summed E-state index contributed by atoms with van der Waals surface area (Å²) in [6.07, 6.45) is 0.351. The van der Waals surface area contributed by atoms with E-state index < -0.39 is 24.3 Å². The van der Waals surface area contributed by atoms with Crippen molar-refractivity contribution in [1.82, 2.24) is 16.1 Å². The molecule has 0 bridgehead atoms. The summed E-state index contributed by atoms with van der Waals surface area (Å²) in [7, 11) is 4.34. The van der Waals surface area contributed by atoms with Crippen molar-refractivity contribution in [1.29, 1.82) is 0 Å². The second-order valence-electron chi connectivity index (χ2n) is 8.00. The lowest BCUT2D eigenvalue weighted by Gasteiger charge is -2.28. The number of esters is 1. The summed E-state index contributed by atoms with van der Waals surface area (Å²) in [6, 6.07) is 9.14. The van der Waals surface area contributed by atoms with Crippen LogP contribution >= 0.6 is 0 Å². The second kappa shape index (κ2) is 13.2. The van der Waals surface area contributed by atoms with Crippen LogP contribution in [-0.2, 0) is 9.53 Å². The first kappa shape index (κ1) is 28.1. The zero-order chi connectivity index (χ0) is 27.7. The molecule has 38 heavy (non-hydrogen) atoms. The molecule has 0 aromatic heterocycles. The van der Waals surface area contributed by atoms with Crippen LogP contribution in [0.5, 0.6) is 23.0 Å². The highest BCUT2D eigenvalue weighted by Gasteiger charge is 2.32. The van der Waals surface area contributed by atoms with E-state index in [0.29, 0.717) is 46.4 Å². The van der Waals surface area contributed by atoms with Crippen molar-refractivity contribution in [2.45, 2.75) is 26.1 Å². The van der Waals surface area contributed by atoms with Gasteiger partial charge in [-0.25, -0.2) is 9.59 Å². The molecule has 12 heteroatoms. The number of hydrazone groups is 1. The number of allylic oxidation sites excluding steroid dienone is 1. The predicted molar refractivity (Wildman–Crippen MR) is 139 cm³/mol. The summed E-state index contributed by atoms with van der Waals surface area (Å²) in [5, 5.41) is 19.7. The number of aliphatic hydroxyl groups excluding tert-OH is 1. The van der Waals surface area contributed by atoms with Crippen LogP contribution in [-0.4, -0.2) is 64.1 Å². The number of aliphatic hydroxyl groups is 1. The molecule has 1 aliphatic rings. The third-order valence-corrected chi connectivity index (χ3v) is 5.53. The molecule has 2 amide bonds. The largest absolute Gasteiger partial charge is 0.493 e. The van der Waals surface area contributed by atoms with Crippen LogP contribution in [0, 0.1) is 0 Å². The fourth-order valence-corrected chi connectivity index (χ4v) is 3.83. The number of rotatable bonds is 12. The molecule has 0 aliphatic carbocycles. The summed E-state index contributed by atoms with van der Waals surface area (Å²) in [6.45, 7) is 3.62. The van der Waals surface area contributed by atoms with Crippen LogP contribution < -0.4 is 35.0 Å². The molecule has 0 saturated heterocycles. The highest BCUT2D eigenvalue weighted by atomic mass is 16.5. The quantitative estimate of drug-likeness (QED) is 0.141. The average molecular weight is 529 g/mol. The molecule has 2 aromatic rings. The summed E-state index contributed by atoms with van der Waals surface area (Å²) in [5.74, 6) is 1.23. The van der Waals surface area contributed by atoms with Crippen molar-refractivity contribution in [3.8, 4) is 23.0 Å². The van der Waals surface area contributed by atoms with Gasteiger partial charge in [0.05, 0.1) is 45.8 Å². The van der Waals surface area contributed by atoms with Gasteiger partial charge in [0.1, 0.15) is 6.61 Å². The molecular weight excluding hydrogens is 496 g/mol. The van der Waals surface area contributed by atoms with Crippen LogP contribution in [0.1, 0.15) is 31.0 Å². The Kier molecular flexibility index (Phi) is 9.77. The summed E-state index contributed by atoms with van der Waals surface area (Å²) >= 11 is 0. The first-order valence-electron chi connectivity index (χ1n) is 11.8. The molecule has 1 heterocycles. The Morgan fingerprint density at radius 2 is 1.92 bits per heavy atom. The molecule has 0 spiro atoms. The van der Waals surface area contributed by atoms with Crippen LogP contribution in [0.15, 0.2) is 52.8 Å². The van der Waals surface area contributed by atoms with Crippen molar-refractivity contribution in [3.63, 3.8) is 0 Å². The monoisotopic (exact) mass is 528 g/mol. The standard InChI is InChI=1S/C26H32N4O8/c1-6-37-20-12-16(23-22(25(32)36-5)15(2)28-26(33)29-23)10-11-18(20)38-14-21(31)30-27-13-17-8-7-9-19(34-3)24(17)35-4/h7-13,21,23,30-31H,6,14H2,1-5H3,(H2,28,29,33)/b27-13+/t21-,23+/m0/s1. The number of para-hydroxylation sites is 1. The molecule has 1 aliphatic heterocycles. The number of benzene rings is 2. The van der Waals surface area contributed by atoms with Gasteiger partial charge in [0.2, 0.25) is 0 Å². The highest BCUT2D eigenvalue weighted by Crippen LogP contribution is 2.35. The summed E-state index contributed by atoms with van der Waals surface area (Å²) in [4.78, 5) is 24.5. The molecule has 4 N–H and O–H groups in total. The van der Waals surface area contributed by atoms with E-state index in [1.54, 1.807) is 50.4 Å². The van der Waals surface area contributed by atoms with E-state index in [1.165, 1.54) is 20.4 Å². The van der Waals surface area contributed by atoms with Crippen molar-refractivity contribution in [2.75, 3.05) is 34.5 Å². The number of nitrogens with zero attached hydrogens (tertiary/aromatic N) is 1. The first-order valence-corrected chi connectivity index (χ1v) is 11.8. The molecule has 204 valence electrons. The Morgan fingerprint density at radius 1 is 1.13 bits per heavy atom. The molecule has 0 fully saturated rings. The maximum absolute atomic E-state index is 12.4. The van der Waals surface area contributed by atoms with Gasteiger partial charge in [-0.15, -0.1) is 0 Å². The topological polar surface area (TPSA) is 149 Å². The smallest absolute Gasteiger partial charge is 0.337 e. The van der Waals surface area contributed by atoms with E-state index in [2.05, 4.69) is 21.2 Å². The van der Waals surface area contributed by atoms with Gasteiger partial charge in [0.25, 0.3) is 0 Å². The van der Waals surface area contributed by atoms with E-state index in [-0.39, 0.29) is 12.2 Å². The Balaban J connectivity index is 1.71. The second-order valence-corrected chi connectivity index (χ2v) is 8.00. The predicted octanol–water partition coefficient (Wildman–Crippen LogP) is 2.22. The van der Waals surface area contributed by atoms with E-state index >= 15 is 0 Å². The van der Waals surface area contributed by atoms with Gasteiger partial charge in [-0.3, -0.25) is 5.43 Å². The van der Waals surface area contributed by atoms with Crippen LogP contribution in [0.2, 0.25) is 0 Å². The molecule has 0 saturated carbocycles. The third-order valence-electron chi connectivity index (χ3n) is 5.53. The van der Waals surface area contributed by atoms with Gasteiger partial charge in [0.15, 0.2) is 29.2 Å². The number of amides is 2. The summed E-state index contributed by atoms with van der Waals surface area (Å²) < 4.78 is 27.0. The van der Waals surface area contributed by atoms with Gasteiger partial charge in [-0.05, 0) is 43.7 Å². The molecule has 0 radical (unpaired) electrons. The number of carbonyl (C=O) groups excluding carboxylic acids is 2. The van der Waals surface area contributed by atoms with Gasteiger partial charge in [0, 0.05) is 11.3 Å². The number of hydrogen-bond donors (Lipinski definition) is 4. The number of carbonyl (C=O) groups is 2. The molecule has 2 aromatic carbocycles. The fraction of sp³-hybridized carbons (Fsp3) is 0.346. The van der Waals surface area contributed by atoms with Crippen LogP contribution in [0.3, 0.4) is 0 Å². The lowest BCUT2D eigenvalue weighted by Crippen LogP contribution is -2.45. The van der Waals surface area contributed by atoms with E-state index in [9.17, 15) is 14.7 Å². The minimum absolute atomic E-state index is 0.150. The van der Waals surface area contributed by atoms with Crippen LogP contribution in [0.4, 0.5) is 4.79 Å². The van der Waals surface area contributed by atoms with Crippen LogP contribution in [0.25, 0.3) is 0 Å². The van der Waals surface area contributed by atoms with E-state index in [1.807, 2.05) is 6.92 Å². The SMILES string of the molecule is CCOc1cc([C@H]2NC(=O)NC(C)=C2C(=O)OC)ccc1OC[C@H](O)N/N=C/c1cccc(OC)c1OC. The Bertz CT molecular complexity index is 1210. The lowest BCUT2D eigenvalue weighted by atomic mass is 9.95. The molecule has 0 unspecified atom stereocenters. The fourth-order valence-electron chi connectivity index (χ4n) is 3.83. The van der Waals surface area contributed by atoms with E-state index in [4.69, 9.17) is 23.7 Å². The van der Waals surface area contributed by atoms with Crippen molar-refractivity contribution < 1.29 is 38.4 Å². The minimum atomic E-state index is -1.14. The van der Waals surface area contributed by atoms with Crippen molar-refractivity contribution in [3.05, 3.63) is 58.8 Å². The third kappa shape index (κ3) is 6.65. The molecule has 12 nitrogen and oxygen atoms in total. The Labute approximate surface area is 220 Å². The number of ether oxygens (including phenoxy) is 5. The van der Waals surface area contributed by atoms with Gasteiger partial charge in [-0.2, -0.15) is 5.10 Å². The van der Waals surface area contributed by atoms with Gasteiger partial charge >= 0.3 is 12.0 Å². The maximum Gasteiger partial charge on any atom is 0.337 e. The molecular formula is C26H32N4O8. The minimum Gasteiger partial charge on any atom is -0.493 e. The Morgan fingerprint density at radius 3 is 2.61 bits per heavy atom. The Hall–Kier alpha value is -4.45. The maximum atomic E-state index is 12.4. The molecule has 2 atom stereocenters.